The molecule has 22 heavy (non-hydrogen) atoms. The number of hydrogen-bond acceptors (Lipinski definition) is 3. The van der Waals surface area contributed by atoms with Crippen molar-refractivity contribution in [1.29, 1.82) is 0 Å². The lowest BCUT2D eigenvalue weighted by atomic mass is 9.94. The van der Waals surface area contributed by atoms with E-state index >= 15 is 0 Å². The van der Waals surface area contributed by atoms with Crippen LogP contribution in [-0.4, -0.2) is 43.6 Å². The fourth-order valence-electron chi connectivity index (χ4n) is 2.66. The third kappa shape index (κ3) is 5.50. The third-order valence-corrected chi connectivity index (χ3v) is 4.44. The van der Waals surface area contributed by atoms with Gasteiger partial charge >= 0.3 is 0 Å². The number of hydrogen-bond donors (Lipinski definition) is 1. The maximum absolute atomic E-state index is 12.0. The first-order valence-corrected chi connectivity index (χ1v) is 8.31. The monoisotopic (exact) mass is 324 g/mol. The molecule has 1 aliphatic heterocycles. The molecule has 1 N–H and O–H groups in total. The van der Waals surface area contributed by atoms with E-state index in [1.165, 1.54) is 12.8 Å². The lowest BCUT2D eigenvalue weighted by Crippen LogP contribution is -2.38. The zero-order valence-electron chi connectivity index (χ0n) is 13.3. The molecule has 0 aliphatic carbocycles. The first-order chi connectivity index (χ1) is 10.5. The van der Waals surface area contributed by atoms with Crippen molar-refractivity contribution >= 4 is 17.5 Å². The van der Waals surface area contributed by atoms with Gasteiger partial charge in [-0.25, -0.2) is 0 Å². The fourth-order valence-corrected chi connectivity index (χ4v) is 2.79. The summed E-state index contributed by atoms with van der Waals surface area (Å²) in [5.41, 5.74) is 0. The summed E-state index contributed by atoms with van der Waals surface area (Å²) in [6.45, 7) is 4.81. The quantitative estimate of drug-likeness (QED) is 0.874. The zero-order valence-corrected chi connectivity index (χ0v) is 14.1. The predicted molar refractivity (Wildman–Crippen MR) is 89.4 cm³/mol. The molecule has 0 spiro atoms. The van der Waals surface area contributed by atoms with Crippen LogP contribution in [0, 0.1) is 5.92 Å². The van der Waals surface area contributed by atoms with Gasteiger partial charge in [-0.05, 0) is 76.5 Å². The summed E-state index contributed by atoms with van der Waals surface area (Å²) in [6, 6.07) is 7.04. The van der Waals surface area contributed by atoms with Gasteiger partial charge in [0.05, 0.1) is 0 Å². The van der Waals surface area contributed by atoms with E-state index in [0.717, 1.165) is 32.0 Å². The van der Waals surface area contributed by atoms with Crippen molar-refractivity contribution in [3.63, 3.8) is 0 Å². The van der Waals surface area contributed by atoms with E-state index in [0.29, 0.717) is 10.8 Å². The SMILES string of the molecule is C[C@@H](Oc1ccc(Cl)cc1)C(=O)NCCC1CCN(C)CC1. The van der Waals surface area contributed by atoms with E-state index in [9.17, 15) is 4.79 Å². The molecule has 1 aromatic carbocycles. The minimum atomic E-state index is -0.501. The molecule has 2 rings (SSSR count). The van der Waals surface area contributed by atoms with E-state index in [2.05, 4.69) is 17.3 Å². The van der Waals surface area contributed by atoms with Crippen LogP contribution in [0.2, 0.25) is 5.02 Å². The number of ether oxygens (including phenoxy) is 1. The van der Waals surface area contributed by atoms with Crippen LogP contribution < -0.4 is 10.1 Å². The smallest absolute Gasteiger partial charge is 0.260 e. The third-order valence-electron chi connectivity index (χ3n) is 4.19. The molecule has 5 heteroatoms. The number of nitrogens with zero attached hydrogens (tertiary/aromatic N) is 1. The molecule has 0 aromatic heterocycles. The van der Waals surface area contributed by atoms with Crippen LogP contribution in [0.4, 0.5) is 0 Å². The topological polar surface area (TPSA) is 41.6 Å². The van der Waals surface area contributed by atoms with Crippen molar-refractivity contribution in [3.05, 3.63) is 29.3 Å². The van der Waals surface area contributed by atoms with E-state index < -0.39 is 6.10 Å². The van der Waals surface area contributed by atoms with Crippen LogP contribution >= 0.6 is 11.6 Å². The Bertz CT molecular complexity index is 470. The maximum Gasteiger partial charge on any atom is 0.260 e. The Hall–Kier alpha value is -1.26. The van der Waals surface area contributed by atoms with E-state index in [4.69, 9.17) is 16.3 Å². The van der Waals surface area contributed by atoms with E-state index in [1.807, 2.05) is 0 Å². The number of halogens is 1. The van der Waals surface area contributed by atoms with Crippen molar-refractivity contribution in [1.82, 2.24) is 10.2 Å². The standard InChI is InChI=1S/C17H25ClN2O2/c1-13(22-16-5-3-15(18)4-6-16)17(21)19-10-7-14-8-11-20(2)12-9-14/h3-6,13-14H,7-12H2,1-2H3,(H,19,21)/t13-/m1/s1. The van der Waals surface area contributed by atoms with Crippen molar-refractivity contribution in [2.45, 2.75) is 32.3 Å². The fraction of sp³-hybridized carbons (Fsp3) is 0.588. The summed E-state index contributed by atoms with van der Waals surface area (Å²) < 4.78 is 5.61. The zero-order chi connectivity index (χ0) is 15.9. The predicted octanol–water partition coefficient (Wildman–Crippen LogP) is 2.96. The molecule has 0 radical (unpaired) electrons. The average Bonchev–Trinajstić information content (AvgIpc) is 2.51. The second-order valence-electron chi connectivity index (χ2n) is 6.04. The number of amides is 1. The summed E-state index contributed by atoms with van der Waals surface area (Å²) in [5.74, 6) is 1.31. The van der Waals surface area contributed by atoms with Crippen LogP contribution in [0.25, 0.3) is 0 Å². The van der Waals surface area contributed by atoms with E-state index in [1.54, 1.807) is 31.2 Å². The van der Waals surface area contributed by atoms with Gasteiger partial charge in [-0.1, -0.05) is 11.6 Å². The second kappa shape index (κ2) is 8.39. The van der Waals surface area contributed by atoms with Crippen LogP contribution in [0.5, 0.6) is 5.75 Å². The summed E-state index contributed by atoms with van der Waals surface area (Å²) in [7, 11) is 2.16. The highest BCUT2D eigenvalue weighted by molar-refractivity contribution is 6.30. The van der Waals surface area contributed by atoms with Crippen LogP contribution in [0.1, 0.15) is 26.2 Å². The number of likely N-dealkylation sites (tertiary alicyclic amines) is 1. The van der Waals surface area contributed by atoms with Crippen LogP contribution in [0.15, 0.2) is 24.3 Å². The Labute approximate surface area is 137 Å². The van der Waals surface area contributed by atoms with Crippen LogP contribution in [0.3, 0.4) is 0 Å². The number of rotatable bonds is 6. The first kappa shape index (κ1) is 17.1. The van der Waals surface area contributed by atoms with E-state index in [-0.39, 0.29) is 5.91 Å². The minimum absolute atomic E-state index is 0.0668. The van der Waals surface area contributed by atoms with Gasteiger partial charge in [-0.2, -0.15) is 0 Å². The summed E-state index contributed by atoms with van der Waals surface area (Å²) in [6.07, 6.45) is 3.00. The minimum Gasteiger partial charge on any atom is -0.481 e. The molecule has 1 atom stereocenters. The lowest BCUT2D eigenvalue weighted by Gasteiger charge is -2.29. The molecular weight excluding hydrogens is 300 g/mol. The molecule has 1 aliphatic rings. The molecule has 0 saturated carbocycles. The molecular formula is C17H25ClN2O2. The van der Waals surface area contributed by atoms with Crippen molar-refractivity contribution in [2.75, 3.05) is 26.7 Å². The van der Waals surface area contributed by atoms with Gasteiger partial charge in [0.15, 0.2) is 6.10 Å². The Balaban J connectivity index is 1.67. The first-order valence-electron chi connectivity index (χ1n) is 7.93. The molecule has 1 aromatic rings. The molecule has 1 heterocycles. The van der Waals surface area contributed by atoms with Gasteiger partial charge in [-0.3, -0.25) is 4.79 Å². The van der Waals surface area contributed by atoms with Gasteiger partial charge in [0.1, 0.15) is 5.75 Å². The Morgan fingerprint density at radius 1 is 1.36 bits per heavy atom. The summed E-state index contributed by atoms with van der Waals surface area (Å²) >= 11 is 5.82. The largest absolute Gasteiger partial charge is 0.481 e. The number of piperidine rings is 1. The number of benzene rings is 1. The molecule has 0 unspecified atom stereocenters. The average molecular weight is 325 g/mol. The van der Waals surface area contributed by atoms with Crippen molar-refractivity contribution < 1.29 is 9.53 Å². The summed E-state index contributed by atoms with van der Waals surface area (Å²) in [4.78, 5) is 14.4. The van der Waals surface area contributed by atoms with Crippen molar-refractivity contribution in [2.24, 2.45) is 5.92 Å². The molecule has 0 bridgehead atoms. The Morgan fingerprint density at radius 3 is 2.64 bits per heavy atom. The molecule has 1 fully saturated rings. The van der Waals surface area contributed by atoms with Gasteiger partial charge in [0.2, 0.25) is 0 Å². The van der Waals surface area contributed by atoms with Gasteiger partial charge in [-0.15, -0.1) is 0 Å². The van der Waals surface area contributed by atoms with Gasteiger partial charge in [0.25, 0.3) is 5.91 Å². The number of carbonyl (C=O) groups excluding carboxylic acids is 1. The highest BCUT2D eigenvalue weighted by Crippen LogP contribution is 2.19. The molecule has 122 valence electrons. The highest BCUT2D eigenvalue weighted by Gasteiger charge is 2.18. The normalized spacial score (nSPS) is 18.0. The van der Waals surface area contributed by atoms with Gasteiger partial charge in [0, 0.05) is 11.6 Å². The molecule has 1 amide bonds. The Morgan fingerprint density at radius 2 is 2.00 bits per heavy atom. The molecule has 4 nitrogen and oxygen atoms in total. The number of carbonyl (C=O) groups is 1. The Kier molecular flexibility index (Phi) is 6.52. The highest BCUT2D eigenvalue weighted by atomic mass is 35.5. The van der Waals surface area contributed by atoms with Gasteiger partial charge < -0.3 is 15.0 Å². The maximum atomic E-state index is 12.0. The molecule has 1 saturated heterocycles. The number of nitrogens with one attached hydrogen (secondary N) is 1. The van der Waals surface area contributed by atoms with Crippen molar-refractivity contribution in [3.8, 4) is 5.75 Å². The second-order valence-corrected chi connectivity index (χ2v) is 6.48. The summed E-state index contributed by atoms with van der Waals surface area (Å²) in [5, 5.41) is 3.62. The lowest BCUT2D eigenvalue weighted by molar-refractivity contribution is -0.127. The van der Waals surface area contributed by atoms with Crippen LogP contribution in [-0.2, 0) is 4.79 Å².